The average Bonchev–Trinajstić information content (AvgIpc) is 2.54. The third-order valence-electron chi connectivity index (χ3n) is 3.98. The fraction of sp³-hybridized carbons (Fsp3) is 0.588. The Hall–Kier alpha value is -1.75. The van der Waals surface area contributed by atoms with Crippen molar-refractivity contribution in [3.63, 3.8) is 0 Å². The maximum absolute atomic E-state index is 11.5. The van der Waals surface area contributed by atoms with Crippen LogP contribution >= 0.6 is 0 Å². The van der Waals surface area contributed by atoms with E-state index in [1.165, 1.54) is 0 Å². The zero-order valence-corrected chi connectivity index (χ0v) is 13.1. The number of aliphatic imine (C=N–C) groups is 2. The number of methoxy groups -OCH3 is 1. The molecule has 0 bridgehead atoms. The molecule has 22 heavy (non-hydrogen) atoms. The summed E-state index contributed by atoms with van der Waals surface area (Å²) < 4.78 is 5.20. The van der Waals surface area contributed by atoms with E-state index in [-0.39, 0.29) is 0 Å². The van der Waals surface area contributed by atoms with E-state index in [0.717, 1.165) is 49.1 Å². The fourth-order valence-corrected chi connectivity index (χ4v) is 2.82. The van der Waals surface area contributed by atoms with Crippen LogP contribution in [0.15, 0.2) is 33.3 Å². The van der Waals surface area contributed by atoms with E-state index < -0.39 is 11.9 Å². The van der Waals surface area contributed by atoms with Crippen molar-refractivity contribution in [2.24, 2.45) is 15.9 Å². The molecule has 0 amide bonds. The van der Waals surface area contributed by atoms with Crippen molar-refractivity contribution in [2.75, 3.05) is 26.8 Å². The average molecular weight is 304 g/mol. The molecule has 1 heterocycles. The standard InChI is InChI=1S/C17H24N2O3/c1-22-12-14-5-2-3-7-16(14)19-10-8-15(17(20)21)13-6-4-9-18-11-13/h5-6,11,15H,2-4,7-10,12H2,1H3,(H,20,21). The van der Waals surface area contributed by atoms with Crippen molar-refractivity contribution in [1.82, 2.24) is 0 Å². The molecule has 1 aliphatic carbocycles. The van der Waals surface area contributed by atoms with Gasteiger partial charge >= 0.3 is 5.97 Å². The Labute approximate surface area is 131 Å². The molecule has 1 atom stereocenters. The van der Waals surface area contributed by atoms with Gasteiger partial charge in [-0.3, -0.25) is 14.8 Å². The molecule has 5 heteroatoms. The van der Waals surface area contributed by atoms with E-state index in [0.29, 0.717) is 19.6 Å². The molecule has 0 radical (unpaired) electrons. The van der Waals surface area contributed by atoms with Gasteiger partial charge in [0.15, 0.2) is 0 Å². The van der Waals surface area contributed by atoms with Crippen LogP contribution in [0.4, 0.5) is 0 Å². The lowest BCUT2D eigenvalue weighted by Crippen LogP contribution is -2.20. The van der Waals surface area contributed by atoms with Crippen LogP contribution in [0.25, 0.3) is 0 Å². The number of carboxylic acid groups (broad SMARTS) is 1. The lowest BCUT2D eigenvalue weighted by molar-refractivity contribution is -0.140. The number of carbonyl (C=O) groups is 1. The molecule has 1 N–H and O–H groups in total. The van der Waals surface area contributed by atoms with Gasteiger partial charge in [-0.25, -0.2) is 0 Å². The summed E-state index contributed by atoms with van der Waals surface area (Å²) in [4.78, 5) is 20.3. The van der Waals surface area contributed by atoms with Crippen molar-refractivity contribution in [1.29, 1.82) is 0 Å². The summed E-state index contributed by atoms with van der Waals surface area (Å²) >= 11 is 0. The Morgan fingerprint density at radius 3 is 3.00 bits per heavy atom. The summed E-state index contributed by atoms with van der Waals surface area (Å²) in [5, 5.41) is 9.42. The Balaban J connectivity index is 1.97. The van der Waals surface area contributed by atoms with E-state index in [4.69, 9.17) is 4.74 Å². The predicted molar refractivity (Wildman–Crippen MR) is 87.9 cm³/mol. The van der Waals surface area contributed by atoms with Gasteiger partial charge in [-0.15, -0.1) is 0 Å². The minimum atomic E-state index is -0.795. The number of hydrogen-bond donors (Lipinski definition) is 1. The quantitative estimate of drug-likeness (QED) is 0.786. The minimum absolute atomic E-state index is 0.508. The first-order valence-corrected chi connectivity index (χ1v) is 7.86. The molecule has 0 aromatic rings. The summed E-state index contributed by atoms with van der Waals surface area (Å²) in [6.45, 7) is 1.86. The molecule has 2 aliphatic rings. The zero-order chi connectivity index (χ0) is 15.8. The molecule has 0 saturated heterocycles. The van der Waals surface area contributed by atoms with Crippen molar-refractivity contribution in [3.05, 3.63) is 23.3 Å². The number of hydrogen-bond acceptors (Lipinski definition) is 4. The van der Waals surface area contributed by atoms with Crippen LogP contribution in [0.1, 0.15) is 32.1 Å². The monoisotopic (exact) mass is 304 g/mol. The first-order chi connectivity index (χ1) is 10.7. The smallest absolute Gasteiger partial charge is 0.311 e. The van der Waals surface area contributed by atoms with E-state index in [1.807, 2.05) is 6.08 Å². The van der Waals surface area contributed by atoms with Crippen molar-refractivity contribution >= 4 is 17.9 Å². The number of dihydropyridines is 1. The first-order valence-electron chi connectivity index (χ1n) is 7.86. The van der Waals surface area contributed by atoms with Gasteiger partial charge in [0.05, 0.1) is 12.5 Å². The van der Waals surface area contributed by atoms with Crippen LogP contribution in [-0.2, 0) is 9.53 Å². The van der Waals surface area contributed by atoms with Gasteiger partial charge in [0, 0.05) is 32.1 Å². The molecule has 0 saturated carbocycles. The summed E-state index contributed by atoms with van der Waals surface area (Å²) in [5.74, 6) is -1.30. The highest BCUT2D eigenvalue weighted by molar-refractivity contribution is 6.01. The molecule has 5 nitrogen and oxygen atoms in total. The maximum atomic E-state index is 11.5. The molecular weight excluding hydrogens is 280 g/mol. The van der Waals surface area contributed by atoms with E-state index in [1.54, 1.807) is 13.3 Å². The van der Waals surface area contributed by atoms with E-state index in [9.17, 15) is 9.90 Å². The minimum Gasteiger partial charge on any atom is -0.481 e. The summed E-state index contributed by atoms with van der Waals surface area (Å²) in [5.41, 5.74) is 3.04. The lowest BCUT2D eigenvalue weighted by atomic mass is 9.94. The van der Waals surface area contributed by atoms with Gasteiger partial charge in [0.2, 0.25) is 0 Å². The van der Waals surface area contributed by atoms with Gasteiger partial charge in [-0.2, -0.15) is 0 Å². The van der Waals surface area contributed by atoms with Crippen LogP contribution in [0.2, 0.25) is 0 Å². The highest BCUT2D eigenvalue weighted by atomic mass is 16.5. The number of nitrogens with zero attached hydrogens (tertiary/aromatic N) is 2. The van der Waals surface area contributed by atoms with Crippen molar-refractivity contribution in [3.8, 4) is 0 Å². The second kappa shape index (κ2) is 8.63. The number of allylic oxidation sites excluding steroid dienone is 1. The fourth-order valence-electron chi connectivity index (χ4n) is 2.82. The van der Waals surface area contributed by atoms with Crippen LogP contribution in [0, 0.1) is 5.92 Å². The Bertz CT molecular complexity index is 518. The summed E-state index contributed by atoms with van der Waals surface area (Å²) in [7, 11) is 1.68. The molecule has 120 valence electrons. The van der Waals surface area contributed by atoms with Crippen LogP contribution in [0.3, 0.4) is 0 Å². The second-order valence-electron chi connectivity index (χ2n) is 5.59. The second-order valence-corrected chi connectivity index (χ2v) is 5.59. The third kappa shape index (κ3) is 4.63. The molecule has 0 fully saturated rings. The van der Waals surface area contributed by atoms with Gasteiger partial charge in [-0.1, -0.05) is 12.2 Å². The topological polar surface area (TPSA) is 71.2 Å². The van der Waals surface area contributed by atoms with Gasteiger partial charge in [-0.05, 0) is 43.3 Å². The predicted octanol–water partition coefficient (Wildman–Crippen LogP) is 2.68. The number of aliphatic carboxylic acids is 1. The molecule has 1 aliphatic heterocycles. The molecule has 1 unspecified atom stereocenters. The third-order valence-corrected chi connectivity index (χ3v) is 3.98. The molecule has 0 aromatic heterocycles. The molecule has 2 rings (SSSR count). The summed E-state index contributed by atoms with van der Waals surface area (Å²) in [6.07, 6.45) is 10.3. The number of carboxylic acids is 1. The molecule has 0 aromatic carbocycles. The highest BCUT2D eigenvalue weighted by Crippen LogP contribution is 2.19. The normalized spacial score (nSPS) is 21.4. The van der Waals surface area contributed by atoms with Crippen molar-refractivity contribution < 1.29 is 14.6 Å². The summed E-state index contributed by atoms with van der Waals surface area (Å²) in [6, 6.07) is 0. The van der Waals surface area contributed by atoms with E-state index in [2.05, 4.69) is 16.1 Å². The SMILES string of the molecule is COCC1=CCCCC1=NCCC(C(=O)O)C1=CCCN=C1. The van der Waals surface area contributed by atoms with Gasteiger partial charge < -0.3 is 9.84 Å². The molecule has 0 spiro atoms. The Kier molecular flexibility index (Phi) is 6.52. The first kappa shape index (κ1) is 16.6. The van der Waals surface area contributed by atoms with E-state index >= 15 is 0 Å². The Morgan fingerprint density at radius 2 is 2.32 bits per heavy atom. The van der Waals surface area contributed by atoms with Gasteiger partial charge in [0.25, 0.3) is 0 Å². The molecular formula is C17H24N2O3. The largest absolute Gasteiger partial charge is 0.481 e. The van der Waals surface area contributed by atoms with Crippen LogP contribution < -0.4 is 0 Å². The van der Waals surface area contributed by atoms with Crippen molar-refractivity contribution in [2.45, 2.75) is 32.1 Å². The van der Waals surface area contributed by atoms with Gasteiger partial charge in [0.1, 0.15) is 0 Å². The maximum Gasteiger partial charge on any atom is 0.311 e. The Morgan fingerprint density at radius 1 is 1.45 bits per heavy atom. The zero-order valence-electron chi connectivity index (χ0n) is 13.1. The highest BCUT2D eigenvalue weighted by Gasteiger charge is 2.22. The van der Waals surface area contributed by atoms with Crippen LogP contribution in [0.5, 0.6) is 0 Å². The number of rotatable bonds is 7. The lowest BCUT2D eigenvalue weighted by Gasteiger charge is -2.17. The van der Waals surface area contributed by atoms with Crippen LogP contribution in [-0.4, -0.2) is 49.8 Å². The number of ether oxygens (including phenoxy) is 1.